The van der Waals surface area contributed by atoms with Crippen LogP contribution >= 0.6 is 23.5 Å². The number of thioether (sulfide) groups is 2. The molecule has 25 heavy (non-hydrogen) atoms. The molecule has 0 aromatic heterocycles. The predicted molar refractivity (Wildman–Crippen MR) is 113 cm³/mol. The molecule has 2 aromatic rings. The van der Waals surface area contributed by atoms with E-state index in [0.29, 0.717) is 4.58 Å². The lowest BCUT2D eigenvalue weighted by Crippen LogP contribution is -2.08. The number of allylic oxidation sites excluding steroid dienone is 1. The van der Waals surface area contributed by atoms with Crippen molar-refractivity contribution in [3.05, 3.63) is 47.0 Å². The minimum Gasteiger partial charge on any atom is -0.496 e. The van der Waals surface area contributed by atoms with Gasteiger partial charge in [-0.15, -0.1) is 23.5 Å². The Morgan fingerprint density at radius 2 is 1.68 bits per heavy atom. The van der Waals surface area contributed by atoms with Crippen molar-refractivity contribution in [3.8, 4) is 11.5 Å². The number of benzene rings is 2. The van der Waals surface area contributed by atoms with Crippen LogP contribution < -0.4 is 9.47 Å². The van der Waals surface area contributed by atoms with Crippen molar-refractivity contribution >= 4 is 34.3 Å². The number of hydrogen-bond acceptors (Lipinski definition) is 4. The zero-order valence-electron chi connectivity index (χ0n) is 15.4. The normalized spacial score (nSPS) is 16.2. The van der Waals surface area contributed by atoms with Gasteiger partial charge in [0, 0.05) is 16.3 Å². The van der Waals surface area contributed by atoms with Gasteiger partial charge in [-0.05, 0) is 43.8 Å². The Morgan fingerprint density at radius 1 is 1.08 bits per heavy atom. The Hall–Kier alpha value is -1.26. The van der Waals surface area contributed by atoms with Crippen LogP contribution in [0.4, 0.5) is 0 Å². The first-order valence-electron chi connectivity index (χ1n) is 8.69. The van der Waals surface area contributed by atoms with E-state index in [4.69, 9.17) is 9.47 Å². The highest BCUT2D eigenvalue weighted by atomic mass is 32.2. The summed E-state index contributed by atoms with van der Waals surface area (Å²) in [5.74, 6) is 4.48. The lowest BCUT2D eigenvalue weighted by Gasteiger charge is -2.22. The average Bonchev–Trinajstić information content (AvgIpc) is 2.66. The molecule has 134 valence electrons. The summed E-state index contributed by atoms with van der Waals surface area (Å²) in [6.45, 7) is 4.40. The summed E-state index contributed by atoms with van der Waals surface area (Å²) in [4.78, 5) is 0. The third kappa shape index (κ3) is 3.80. The minimum absolute atomic E-state index is 0.599. The minimum atomic E-state index is 0.599. The van der Waals surface area contributed by atoms with Crippen molar-refractivity contribution in [2.45, 2.75) is 31.3 Å². The molecule has 1 heterocycles. The standard InChI is InChI=1S/C21H26O2S2/c1-14(21-24-12-7-13-25-21)10-11-16-15(2)19(22-3)17-8-5-6-9-18(17)20(16)23-4/h5-6,8-10,21H,7,11-13H2,1-4H3. The van der Waals surface area contributed by atoms with Crippen molar-refractivity contribution in [3.63, 3.8) is 0 Å². The summed E-state index contributed by atoms with van der Waals surface area (Å²) in [7, 11) is 3.52. The summed E-state index contributed by atoms with van der Waals surface area (Å²) in [6, 6.07) is 8.32. The second kappa shape index (κ2) is 8.41. The molecule has 1 fully saturated rings. The molecule has 0 radical (unpaired) electrons. The molecule has 0 N–H and O–H groups in total. The molecule has 2 nitrogen and oxygen atoms in total. The van der Waals surface area contributed by atoms with Crippen molar-refractivity contribution in [2.24, 2.45) is 0 Å². The van der Waals surface area contributed by atoms with Crippen LogP contribution in [0.5, 0.6) is 11.5 Å². The molecule has 1 saturated heterocycles. The largest absolute Gasteiger partial charge is 0.496 e. The van der Waals surface area contributed by atoms with E-state index < -0.39 is 0 Å². The van der Waals surface area contributed by atoms with Gasteiger partial charge in [-0.2, -0.15) is 0 Å². The molecule has 1 aliphatic heterocycles. The second-order valence-electron chi connectivity index (χ2n) is 6.29. The zero-order chi connectivity index (χ0) is 17.8. The van der Waals surface area contributed by atoms with Gasteiger partial charge in [-0.1, -0.05) is 35.9 Å². The quantitative estimate of drug-likeness (QED) is 0.611. The van der Waals surface area contributed by atoms with E-state index in [1.807, 2.05) is 6.07 Å². The van der Waals surface area contributed by atoms with Gasteiger partial charge in [-0.3, -0.25) is 0 Å². The van der Waals surface area contributed by atoms with Crippen LogP contribution in [-0.2, 0) is 6.42 Å². The van der Waals surface area contributed by atoms with Crippen LogP contribution in [0.3, 0.4) is 0 Å². The Labute approximate surface area is 159 Å². The maximum atomic E-state index is 5.82. The first-order valence-corrected chi connectivity index (χ1v) is 10.8. The van der Waals surface area contributed by atoms with E-state index in [0.717, 1.165) is 28.7 Å². The van der Waals surface area contributed by atoms with Gasteiger partial charge >= 0.3 is 0 Å². The molecule has 0 amide bonds. The third-order valence-corrected chi connectivity index (χ3v) is 7.93. The van der Waals surface area contributed by atoms with Crippen molar-refractivity contribution in [1.82, 2.24) is 0 Å². The average molecular weight is 375 g/mol. The smallest absolute Gasteiger partial charge is 0.130 e. The molecule has 2 aromatic carbocycles. The van der Waals surface area contributed by atoms with Gasteiger partial charge in [0.1, 0.15) is 11.5 Å². The van der Waals surface area contributed by atoms with Gasteiger partial charge < -0.3 is 9.47 Å². The van der Waals surface area contributed by atoms with E-state index in [1.165, 1.54) is 34.6 Å². The molecular formula is C21H26O2S2. The van der Waals surface area contributed by atoms with Gasteiger partial charge in [0.2, 0.25) is 0 Å². The summed E-state index contributed by atoms with van der Waals surface area (Å²) >= 11 is 4.14. The Kier molecular flexibility index (Phi) is 6.24. The lowest BCUT2D eigenvalue weighted by atomic mass is 9.96. The third-order valence-electron chi connectivity index (χ3n) is 4.72. The molecule has 0 atom stereocenters. The van der Waals surface area contributed by atoms with Crippen LogP contribution in [0.15, 0.2) is 35.9 Å². The fraction of sp³-hybridized carbons (Fsp3) is 0.429. The maximum absolute atomic E-state index is 5.82. The number of methoxy groups -OCH3 is 2. The summed E-state index contributed by atoms with van der Waals surface area (Å²) in [6.07, 6.45) is 4.57. The first kappa shape index (κ1) is 18.5. The highest BCUT2D eigenvalue weighted by molar-refractivity contribution is 8.17. The molecule has 0 aliphatic carbocycles. The monoisotopic (exact) mass is 374 g/mol. The Morgan fingerprint density at radius 3 is 2.28 bits per heavy atom. The zero-order valence-corrected chi connectivity index (χ0v) is 17.1. The molecule has 1 aliphatic rings. The van der Waals surface area contributed by atoms with Crippen molar-refractivity contribution in [1.29, 1.82) is 0 Å². The van der Waals surface area contributed by atoms with Gasteiger partial charge in [0.05, 0.1) is 18.8 Å². The molecule has 0 saturated carbocycles. The van der Waals surface area contributed by atoms with E-state index in [-0.39, 0.29) is 0 Å². The molecule has 0 spiro atoms. The first-order chi connectivity index (χ1) is 12.2. The van der Waals surface area contributed by atoms with Crippen LogP contribution in [0.25, 0.3) is 10.8 Å². The Bertz CT molecular complexity index is 777. The highest BCUT2D eigenvalue weighted by Gasteiger charge is 2.19. The van der Waals surface area contributed by atoms with Crippen LogP contribution in [0.1, 0.15) is 24.5 Å². The topological polar surface area (TPSA) is 18.5 Å². The summed E-state index contributed by atoms with van der Waals surface area (Å²) in [5.41, 5.74) is 3.86. The molecule has 4 heteroatoms. The van der Waals surface area contributed by atoms with Crippen LogP contribution in [0, 0.1) is 6.92 Å². The maximum Gasteiger partial charge on any atom is 0.130 e. The second-order valence-corrected chi connectivity index (χ2v) is 9.02. The summed E-state index contributed by atoms with van der Waals surface area (Å²) < 4.78 is 12.2. The van der Waals surface area contributed by atoms with E-state index in [2.05, 4.69) is 61.6 Å². The molecular weight excluding hydrogens is 348 g/mol. The van der Waals surface area contributed by atoms with Crippen molar-refractivity contribution < 1.29 is 9.47 Å². The number of rotatable bonds is 5. The predicted octanol–water partition coefficient (Wildman–Crippen LogP) is 5.85. The van der Waals surface area contributed by atoms with Gasteiger partial charge in [0.25, 0.3) is 0 Å². The van der Waals surface area contributed by atoms with E-state index >= 15 is 0 Å². The van der Waals surface area contributed by atoms with Crippen molar-refractivity contribution in [2.75, 3.05) is 25.7 Å². The van der Waals surface area contributed by atoms with E-state index in [9.17, 15) is 0 Å². The Balaban J connectivity index is 2.01. The van der Waals surface area contributed by atoms with Crippen LogP contribution in [0.2, 0.25) is 0 Å². The fourth-order valence-corrected chi connectivity index (χ4v) is 6.32. The van der Waals surface area contributed by atoms with E-state index in [1.54, 1.807) is 14.2 Å². The molecule has 0 bridgehead atoms. The number of ether oxygens (including phenoxy) is 2. The SMILES string of the molecule is COc1c(C)c(CC=C(C)C2SCCCS2)c(OC)c2ccccc12. The fourth-order valence-electron chi connectivity index (χ4n) is 3.40. The summed E-state index contributed by atoms with van der Waals surface area (Å²) in [5, 5.41) is 2.23. The van der Waals surface area contributed by atoms with Crippen LogP contribution in [-0.4, -0.2) is 30.3 Å². The van der Waals surface area contributed by atoms with Gasteiger partial charge in [-0.25, -0.2) is 0 Å². The highest BCUT2D eigenvalue weighted by Crippen LogP contribution is 2.41. The molecule has 0 unspecified atom stereocenters. The number of fused-ring (bicyclic) bond motifs is 1. The number of hydrogen-bond donors (Lipinski definition) is 0. The van der Waals surface area contributed by atoms with Gasteiger partial charge in [0.15, 0.2) is 0 Å². The molecule has 3 rings (SSSR count). The lowest BCUT2D eigenvalue weighted by molar-refractivity contribution is 0.404.